The van der Waals surface area contributed by atoms with Crippen LogP contribution in [-0.4, -0.2) is 73.3 Å². The van der Waals surface area contributed by atoms with E-state index in [1.807, 2.05) is 51.1 Å². The second-order valence-electron chi connectivity index (χ2n) is 11.0. The summed E-state index contributed by atoms with van der Waals surface area (Å²) in [4.78, 5) is 53.2. The average Bonchev–Trinajstić information content (AvgIpc) is 3.20. The summed E-state index contributed by atoms with van der Waals surface area (Å²) >= 11 is 0. The van der Waals surface area contributed by atoms with E-state index in [0.717, 1.165) is 31.2 Å². The zero-order valence-corrected chi connectivity index (χ0v) is 23.7. The van der Waals surface area contributed by atoms with Crippen LogP contribution in [0.15, 0.2) is 30.3 Å². The lowest BCUT2D eigenvalue weighted by Gasteiger charge is -2.40. The summed E-state index contributed by atoms with van der Waals surface area (Å²) in [6.45, 7) is 8.40. The molecule has 0 bridgehead atoms. The summed E-state index contributed by atoms with van der Waals surface area (Å²) in [7, 11) is 1.32. The van der Waals surface area contributed by atoms with Gasteiger partial charge in [0.15, 0.2) is 0 Å². The summed E-state index contributed by atoms with van der Waals surface area (Å²) in [5.41, 5.74) is 0.227. The maximum Gasteiger partial charge on any atom is 0.409 e. The third kappa shape index (κ3) is 7.50. The van der Waals surface area contributed by atoms with Gasteiger partial charge < -0.3 is 24.8 Å². The Morgan fingerprint density at radius 2 is 1.85 bits per heavy atom. The molecule has 39 heavy (non-hydrogen) atoms. The van der Waals surface area contributed by atoms with E-state index in [9.17, 15) is 19.2 Å². The average molecular weight is 546 g/mol. The molecule has 0 saturated carbocycles. The van der Waals surface area contributed by atoms with Crippen molar-refractivity contribution < 1.29 is 33.4 Å². The summed E-state index contributed by atoms with van der Waals surface area (Å²) in [5, 5.41) is 5.35. The summed E-state index contributed by atoms with van der Waals surface area (Å²) in [5.74, 6) is -1.49. The van der Waals surface area contributed by atoms with Crippen LogP contribution in [0.1, 0.15) is 77.8 Å². The van der Waals surface area contributed by atoms with E-state index < -0.39 is 41.4 Å². The number of unbranched alkanes of at least 4 members (excludes halogenated alkanes) is 1. The lowest BCUT2D eigenvalue weighted by Crippen LogP contribution is -2.52. The van der Waals surface area contributed by atoms with E-state index in [2.05, 4.69) is 10.6 Å². The highest BCUT2D eigenvalue weighted by Gasteiger charge is 2.55. The number of alkyl carbamates (subject to hydrolysis) is 1. The van der Waals surface area contributed by atoms with Crippen LogP contribution in [-0.2, 0) is 23.8 Å². The minimum absolute atomic E-state index is 0.139. The van der Waals surface area contributed by atoms with E-state index >= 15 is 0 Å². The highest BCUT2D eigenvalue weighted by atomic mass is 16.6. The molecule has 0 radical (unpaired) electrons. The van der Waals surface area contributed by atoms with Crippen molar-refractivity contribution in [2.45, 2.75) is 96.6 Å². The zero-order valence-electron chi connectivity index (χ0n) is 23.7. The molecule has 2 aliphatic rings. The normalized spacial score (nSPS) is 23.8. The number of ketones is 1. The molecule has 2 unspecified atom stereocenters. The highest BCUT2D eigenvalue weighted by Crippen LogP contribution is 2.43. The van der Waals surface area contributed by atoms with Gasteiger partial charge in [0.2, 0.25) is 5.78 Å². The number of nitrogens with zero attached hydrogens (tertiary/aromatic N) is 1. The molecule has 0 aromatic heterocycles. The van der Waals surface area contributed by atoms with Gasteiger partial charge in [0.25, 0.3) is 5.91 Å². The van der Waals surface area contributed by atoms with Gasteiger partial charge in [-0.25, -0.2) is 9.59 Å². The van der Waals surface area contributed by atoms with Crippen LogP contribution in [0.25, 0.3) is 0 Å². The minimum atomic E-state index is -1.03. The Morgan fingerprint density at radius 3 is 2.46 bits per heavy atom. The molecule has 10 heteroatoms. The predicted octanol–water partition coefficient (Wildman–Crippen LogP) is 4.13. The SMILES string of the molecule is CCCC[C@H](NC(=O)O[C@@H]1CN(C(=O)OC)C(C2CCCCO2)C1(C)C)C(=O)C(=O)N[C@H](C)c1ccccc1. The van der Waals surface area contributed by atoms with Crippen molar-refractivity contribution >= 4 is 23.9 Å². The van der Waals surface area contributed by atoms with E-state index in [4.69, 9.17) is 14.2 Å². The molecule has 2 fully saturated rings. The zero-order chi connectivity index (χ0) is 28.6. The first kappa shape index (κ1) is 30.4. The molecule has 2 heterocycles. The van der Waals surface area contributed by atoms with Crippen LogP contribution in [0.2, 0.25) is 0 Å². The fraction of sp³-hybridized carbons (Fsp3) is 0.655. The monoisotopic (exact) mass is 545 g/mol. The van der Waals surface area contributed by atoms with Crippen molar-refractivity contribution in [3.05, 3.63) is 35.9 Å². The largest absolute Gasteiger partial charge is 0.453 e. The van der Waals surface area contributed by atoms with Crippen molar-refractivity contribution in [2.24, 2.45) is 5.41 Å². The molecule has 5 atom stereocenters. The molecule has 3 rings (SSSR count). The molecule has 0 aliphatic carbocycles. The molecular weight excluding hydrogens is 502 g/mol. The number of likely N-dealkylation sites (tertiary alicyclic amines) is 1. The number of hydrogen-bond donors (Lipinski definition) is 2. The molecule has 2 N–H and O–H groups in total. The van der Waals surface area contributed by atoms with E-state index in [1.165, 1.54) is 7.11 Å². The topological polar surface area (TPSA) is 123 Å². The number of hydrogen-bond acceptors (Lipinski definition) is 7. The Labute approximate surface area is 231 Å². The van der Waals surface area contributed by atoms with Crippen LogP contribution in [0.4, 0.5) is 9.59 Å². The first-order valence-corrected chi connectivity index (χ1v) is 13.9. The molecule has 2 aliphatic heterocycles. The molecule has 0 spiro atoms. The molecule has 3 amide bonds. The number of rotatable bonds is 10. The van der Waals surface area contributed by atoms with Gasteiger partial charge in [-0.2, -0.15) is 0 Å². The number of nitrogens with one attached hydrogen (secondary N) is 2. The molecule has 216 valence electrons. The Morgan fingerprint density at radius 1 is 1.13 bits per heavy atom. The summed E-state index contributed by atoms with van der Waals surface area (Å²) in [6.07, 6.45) is 2.32. The fourth-order valence-electron chi connectivity index (χ4n) is 5.54. The Kier molecular flexibility index (Phi) is 10.7. The second-order valence-corrected chi connectivity index (χ2v) is 11.0. The van der Waals surface area contributed by atoms with Crippen LogP contribution in [0.3, 0.4) is 0 Å². The van der Waals surface area contributed by atoms with Gasteiger partial charge in [-0.1, -0.05) is 63.9 Å². The first-order chi connectivity index (χ1) is 18.6. The Hall–Kier alpha value is -3.14. The molecule has 1 aromatic carbocycles. The quantitative estimate of drug-likeness (QED) is 0.424. The van der Waals surface area contributed by atoms with Gasteiger partial charge in [0.05, 0.1) is 31.8 Å². The third-order valence-corrected chi connectivity index (χ3v) is 7.84. The maximum atomic E-state index is 13.1. The standard InChI is InChI=1S/C29H43N3O7/c1-6-7-15-21(24(33)26(34)30-19(2)20-13-9-8-10-14-20)31-27(35)39-23-18-32(28(36)37-5)25(29(23,3)4)22-16-11-12-17-38-22/h8-10,13-14,19,21-23,25H,6-7,11-12,15-18H2,1-5H3,(H,30,34)(H,31,35)/t19-,21+,22?,23-,25?/m1/s1. The maximum absolute atomic E-state index is 13.1. The number of carbonyl (C=O) groups excluding carboxylic acids is 4. The lowest BCUT2D eigenvalue weighted by molar-refractivity contribution is -0.139. The minimum Gasteiger partial charge on any atom is -0.453 e. The van der Waals surface area contributed by atoms with E-state index in [1.54, 1.807) is 11.8 Å². The molecular formula is C29H43N3O7. The van der Waals surface area contributed by atoms with E-state index in [0.29, 0.717) is 19.4 Å². The number of carbonyl (C=O) groups is 4. The molecule has 10 nitrogen and oxygen atoms in total. The highest BCUT2D eigenvalue weighted by molar-refractivity contribution is 6.38. The number of methoxy groups -OCH3 is 1. The smallest absolute Gasteiger partial charge is 0.409 e. The number of amides is 3. The predicted molar refractivity (Wildman–Crippen MR) is 145 cm³/mol. The Balaban J connectivity index is 1.68. The van der Waals surface area contributed by atoms with Gasteiger partial charge in [0, 0.05) is 12.0 Å². The van der Waals surface area contributed by atoms with Gasteiger partial charge in [-0.3, -0.25) is 14.5 Å². The third-order valence-electron chi connectivity index (χ3n) is 7.84. The van der Waals surface area contributed by atoms with Crippen LogP contribution < -0.4 is 10.6 Å². The van der Waals surface area contributed by atoms with Gasteiger partial charge >= 0.3 is 12.2 Å². The van der Waals surface area contributed by atoms with Gasteiger partial charge in [-0.05, 0) is 38.2 Å². The van der Waals surface area contributed by atoms with Crippen LogP contribution in [0.5, 0.6) is 0 Å². The number of benzene rings is 1. The van der Waals surface area contributed by atoms with Crippen molar-refractivity contribution in [3.8, 4) is 0 Å². The van der Waals surface area contributed by atoms with Crippen molar-refractivity contribution in [3.63, 3.8) is 0 Å². The second kappa shape index (κ2) is 13.8. The number of ether oxygens (including phenoxy) is 3. The fourth-order valence-corrected chi connectivity index (χ4v) is 5.54. The van der Waals surface area contributed by atoms with Crippen molar-refractivity contribution in [2.75, 3.05) is 20.3 Å². The van der Waals surface area contributed by atoms with Crippen molar-refractivity contribution in [1.82, 2.24) is 15.5 Å². The van der Waals surface area contributed by atoms with Crippen LogP contribution >= 0.6 is 0 Å². The van der Waals surface area contributed by atoms with Gasteiger partial charge in [-0.15, -0.1) is 0 Å². The summed E-state index contributed by atoms with van der Waals surface area (Å²) < 4.78 is 16.9. The van der Waals surface area contributed by atoms with E-state index in [-0.39, 0.29) is 24.7 Å². The Bertz CT molecular complexity index is 994. The number of Topliss-reactive ketones (excluding diaryl/α,β-unsaturated/α-hetero) is 1. The van der Waals surface area contributed by atoms with Gasteiger partial charge in [0.1, 0.15) is 12.1 Å². The van der Waals surface area contributed by atoms with Crippen LogP contribution in [0, 0.1) is 5.41 Å². The first-order valence-electron chi connectivity index (χ1n) is 13.9. The summed E-state index contributed by atoms with van der Waals surface area (Å²) in [6, 6.07) is 7.59. The lowest BCUT2D eigenvalue weighted by atomic mass is 9.78. The molecule has 2 saturated heterocycles. The molecule has 1 aromatic rings. The van der Waals surface area contributed by atoms with Crippen molar-refractivity contribution in [1.29, 1.82) is 0 Å².